The van der Waals surface area contributed by atoms with Crippen molar-refractivity contribution in [1.82, 2.24) is 9.21 Å². The van der Waals surface area contributed by atoms with Crippen LogP contribution in [0.2, 0.25) is 0 Å². The molecule has 1 heterocycles. The van der Waals surface area contributed by atoms with Crippen molar-refractivity contribution >= 4 is 31.9 Å². The molecule has 0 atom stereocenters. The van der Waals surface area contributed by atoms with E-state index in [1.165, 1.54) is 4.31 Å². The summed E-state index contributed by atoms with van der Waals surface area (Å²) in [5, 5.41) is 0. The van der Waals surface area contributed by atoms with Gasteiger partial charge in [0.15, 0.2) is 6.61 Å². The summed E-state index contributed by atoms with van der Waals surface area (Å²) in [4.78, 5) is 14.0. The van der Waals surface area contributed by atoms with Gasteiger partial charge in [0.2, 0.25) is 10.0 Å². The fraction of sp³-hybridized carbons (Fsp3) is 0.316. The zero-order valence-corrected chi connectivity index (χ0v) is 17.2. The number of sulfonamides is 1. The molecule has 2 aromatic carbocycles. The van der Waals surface area contributed by atoms with Gasteiger partial charge in [0.25, 0.3) is 5.91 Å². The maximum atomic E-state index is 12.6. The van der Waals surface area contributed by atoms with Gasteiger partial charge in [0.05, 0.1) is 10.2 Å². The van der Waals surface area contributed by atoms with E-state index in [1.807, 2.05) is 36.4 Å². The molecule has 0 radical (unpaired) electrons. The minimum absolute atomic E-state index is 0.0209. The van der Waals surface area contributed by atoms with Gasteiger partial charge in [-0.25, -0.2) is 8.42 Å². The monoisotopic (exact) mass is 452 g/mol. The molecule has 3 rings (SSSR count). The van der Waals surface area contributed by atoms with Crippen molar-refractivity contribution in [3.05, 3.63) is 64.6 Å². The van der Waals surface area contributed by atoms with Crippen LogP contribution in [0.4, 0.5) is 0 Å². The van der Waals surface area contributed by atoms with Crippen LogP contribution < -0.4 is 4.74 Å². The van der Waals surface area contributed by atoms with Crippen LogP contribution in [0.3, 0.4) is 0 Å². The fourth-order valence-corrected chi connectivity index (χ4v) is 4.80. The molecule has 0 spiro atoms. The van der Waals surface area contributed by atoms with Gasteiger partial charge in [-0.15, -0.1) is 0 Å². The summed E-state index contributed by atoms with van der Waals surface area (Å²) in [6, 6.07) is 16.4. The van der Waals surface area contributed by atoms with Gasteiger partial charge in [0.1, 0.15) is 5.75 Å². The van der Waals surface area contributed by atoms with Crippen LogP contribution in [-0.2, 0) is 20.6 Å². The normalized spacial score (nSPS) is 15.5. The van der Waals surface area contributed by atoms with Crippen LogP contribution in [0, 0.1) is 0 Å². The number of halogens is 1. The Kier molecular flexibility index (Phi) is 6.51. The topological polar surface area (TPSA) is 66.9 Å². The van der Waals surface area contributed by atoms with Crippen molar-refractivity contribution in [2.24, 2.45) is 0 Å². The van der Waals surface area contributed by atoms with Crippen molar-refractivity contribution in [3.8, 4) is 5.75 Å². The predicted octanol–water partition coefficient (Wildman–Crippen LogP) is 2.50. The third kappa shape index (κ3) is 5.31. The van der Waals surface area contributed by atoms with Gasteiger partial charge in [-0.1, -0.05) is 42.5 Å². The van der Waals surface area contributed by atoms with Crippen LogP contribution in [-0.4, -0.2) is 56.3 Å². The Bertz CT molecular complexity index is 882. The van der Waals surface area contributed by atoms with Gasteiger partial charge in [-0.3, -0.25) is 4.79 Å². The molecule has 2 aromatic rings. The third-order valence-corrected chi connectivity index (χ3v) is 6.87. The molecule has 6 nitrogen and oxygen atoms in total. The molecule has 0 aromatic heterocycles. The highest BCUT2D eigenvalue weighted by Gasteiger charge is 2.29. The Morgan fingerprint density at radius 3 is 2.26 bits per heavy atom. The zero-order valence-electron chi connectivity index (χ0n) is 14.8. The number of carbonyl (C=O) groups excluding carboxylic acids is 1. The summed E-state index contributed by atoms with van der Waals surface area (Å²) >= 11 is 3.38. The van der Waals surface area contributed by atoms with E-state index >= 15 is 0 Å². The first kappa shape index (κ1) is 19.9. The number of nitrogens with zero attached hydrogens (tertiary/aromatic N) is 2. The second-order valence-electron chi connectivity index (χ2n) is 6.24. The average Bonchev–Trinajstić information content (AvgIpc) is 2.68. The number of benzene rings is 2. The lowest BCUT2D eigenvalue weighted by Gasteiger charge is -2.34. The lowest BCUT2D eigenvalue weighted by molar-refractivity contribution is -0.134. The van der Waals surface area contributed by atoms with Crippen molar-refractivity contribution in [2.45, 2.75) is 5.75 Å². The molecular weight excluding hydrogens is 432 g/mol. The number of amides is 1. The van der Waals surface area contributed by atoms with Gasteiger partial charge in [0, 0.05) is 26.2 Å². The Labute approximate surface area is 167 Å². The number of para-hydroxylation sites is 1. The highest BCUT2D eigenvalue weighted by atomic mass is 79.9. The maximum absolute atomic E-state index is 12.6. The second-order valence-corrected chi connectivity index (χ2v) is 9.06. The van der Waals surface area contributed by atoms with Crippen LogP contribution in [0.1, 0.15) is 5.56 Å². The predicted molar refractivity (Wildman–Crippen MR) is 107 cm³/mol. The quantitative estimate of drug-likeness (QED) is 0.674. The molecule has 1 amide bonds. The van der Waals surface area contributed by atoms with E-state index in [2.05, 4.69) is 15.9 Å². The van der Waals surface area contributed by atoms with Crippen molar-refractivity contribution in [2.75, 3.05) is 32.8 Å². The van der Waals surface area contributed by atoms with E-state index in [-0.39, 0.29) is 18.3 Å². The Balaban J connectivity index is 1.50. The first-order valence-electron chi connectivity index (χ1n) is 8.62. The minimum atomic E-state index is -3.39. The smallest absolute Gasteiger partial charge is 0.260 e. The molecule has 0 unspecified atom stereocenters. The van der Waals surface area contributed by atoms with E-state index in [1.54, 1.807) is 23.1 Å². The summed E-state index contributed by atoms with van der Waals surface area (Å²) in [6.45, 7) is 1.27. The Hall–Kier alpha value is -1.90. The largest absolute Gasteiger partial charge is 0.483 e. The van der Waals surface area contributed by atoms with E-state index in [9.17, 15) is 13.2 Å². The maximum Gasteiger partial charge on any atom is 0.260 e. The summed E-state index contributed by atoms with van der Waals surface area (Å²) in [6.07, 6.45) is 0. The molecule has 0 saturated carbocycles. The van der Waals surface area contributed by atoms with E-state index in [0.717, 1.165) is 10.0 Å². The SMILES string of the molecule is O=C(COc1ccccc1Br)N1CCN(S(=O)(=O)Cc2ccccc2)CC1. The molecule has 1 aliphatic heterocycles. The van der Waals surface area contributed by atoms with E-state index < -0.39 is 10.0 Å². The molecule has 1 aliphatic rings. The first-order valence-corrected chi connectivity index (χ1v) is 11.0. The number of rotatable bonds is 6. The summed E-state index contributed by atoms with van der Waals surface area (Å²) < 4.78 is 32.9. The highest BCUT2D eigenvalue weighted by Crippen LogP contribution is 2.23. The first-order chi connectivity index (χ1) is 13.0. The highest BCUT2D eigenvalue weighted by molar-refractivity contribution is 9.10. The lowest BCUT2D eigenvalue weighted by Crippen LogP contribution is -2.51. The van der Waals surface area contributed by atoms with Crippen LogP contribution in [0.25, 0.3) is 0 Å². The van der Waals surface area contributed by atoms with E-state index in [4.69, 9.17) is 4.74 Å². The number of piperazine rings is 1. The molecule has 8 heteroatoms. The van der Waals surface area contributed by atoms with Crippen LogP contribution >= 0.6 is 15.9 Å². The van der Waals surface area contributed by atoms with Crippen molar-refractivity contribution in [1.29, 1.82) is 0 Å². The average molecular weight is 453 g/mol. The molecule has 1 fully saturated rings. The molecular formula is C19H21BrN2O4S. The number of carbonyl (C=O) groups is 1. The number of hydrogen-bond donors (Lipinski definition) is 0. The van der Waals surface area contributed by atoms with Gasteiger partial charge in [-0.2, -0.15) is 4.31 Å². The van der Waals surface area contributed by atoms with Gasteiger partial charge >= 0.3 is 0 Å². The molecule has 1 saturated heterocycles. The standard InChI is InChI=1S/C19H21BrN2O4S/c20-17-8-4-5-9-18(17)26-14-19(23)21-10-12-22(13-11-21)27(24,25)15-16-6-2-1-3-7-16/h1-9H,10-15H2. The molecule has 0 bridgehead atoms. The summed E-state index contributed by atoms with van der Waals surface area (Å²) in [5.41, 5.74) is 0.762. The van der Waals surface area contributed by atoms with Crippen LogP contribution in [0.5, 0.6) is 5.75 Å². The van der Waals surface area contributed by atoms with Gasteiger partial charge in [-0.05, 0) is 33.6 Å². The van der Waals surface area contributed by atoms with Crippen molar-refractivity contribution < 1.29 is 17.9 Å². The second kappa shape index (κ2) is 8.86. The summed E-state index contributed by atoms with van der Waals surface area (Å²) in [5.74, 6) is 0.438. The zero-order chi connectivity index (χ0) is 19.3. The van der Waals surface area contributed by atoms with E-state index in [0.29, 0.717) is 31.9 Å². The molecule has 0 N–H and O–H groups in total. The third-order valence-electron chi connectivity index (χ3n) is 4.36. The molecule has 144 valence electrons. The Morgan fingerprint density at radius 2 is 1.59 bits per heavy atom. The number of hydrogen-bond acceptors (Lipinski definition) is 4. The fourth-order valence-electron chi connectivity index (χ4n) is 2.88. The molecule has 0 aliphatic carbocycles. The molecule has 27 heavy (non-hydrogen) atoms. The van der Waals surface area contributed by atoms with Crippen molar-refractivity contribution in [3.63, 3.8) is 0 Å². The summed E-state index contributed by atoms with van der Waals surface area (Å²) in [7, 11) is -3.39. The Morgan fingerprint density at radius 1 is 0.963 bits per heavy atom. The lowest BCUT2D eigenvalue weighted by atomic mass is 10.2. The van der Waals surface area contributed by atoms with Crippen LogP contribution in [0.15, 0.2) is 59.1 Å². The van der Waals surface area contributed by atoms with Gasteiger partial charge < -0.3 is 9.64 Å². The number of ether oxygens (including phenoxy) is 1. The minimum Gasteiger partial charge on any atom is -0.483 e.